The maximum atomic E-state index is 12.9. The van der Waals surface area contributed by atoms with E-state index >= 15 is 0 Å². The zero-order chi connectivity index (χ0) is 21.4. The Hall–Kier alpha value is -2.98. The molecule has 152 valence electrons. The van der Waals surface area contributed by atoms with Gasteiger partial charge in [0.15, 0.2) is 9.84 Å². The molecule has 29 heavy (non-hydrogen) atoms. The number of nitrogens with zero attached hydrogens (tertiary/aromatic N) is 2. The number of amides is 3. The number of hydrogen-bond acceptors (Lipinski definition) is 6. The molecule has 11 heteroatoms. The van der Waals surface area contributed by atoms with Crippen molar-refractivity contribution in [3.8, 4) is 0 Å². The second-order valence-electron chi connectivity index (χ2n) is 6.59. The van der Waals surface area contributed by atoms with Crippen LogP contribution in [-0.4, -0.2) is 42.5 Å². The van der Waals surface area contributed by atoms with Crippen LogP contribution in [0.25, 0.3) is 0 Å². The van der Waals surface area contributed by atoms with Gasteiger partial charge in [0.05, 0.1) is 15.6 Å². The van der Waals surface area contributed by atoms with E-state index in [1.165, 1.54) is 55.5 Å². The molecule has 1 heterocycles. The SMILES string of the molecule is C[C@]1(c2cccc([N+](=O)[O-])c2)NC(=O)N(CCS(=O)(=O)c2ccc(Cl)cc2)C1=O. The predicted molar refractivity (Wildman–Crippen MR) is 104 cm³/mol. The molecule has 3 rings (SSSR count). The number of nitrogens with one attached hydrogen (secondary N) is 1. The second kappa shape index (κ2) is 7.45. The van der Waals surface area contributed by atoms with Gasteiger partial charge in [-0.05, 0) is 36.8 Å². The Kier molecular flexibility index (Phi) is 5.33. The van der Waals surface area contributed by atoms with Crippen LogP contribution in [0.4, 0.5) is 10.5 Å². The Morgan fingerprint density at radius 3 is 2.45 bits per heavy atom. The molecule has 1 atom stereocenters. The fourth-order valence-corrected chi connectivity index (χ4v) is 4.33. The zero-order valence-corrected chi connectivity index (χ0v) is 16.7. The number of carbonyl (C=O) groups is 2. The quantitative estimate of drug-likeness (QED) is 0.420. The lowest BCUT2D eigenvalue weighted by Crippen LogP contribution is -2.41. The molecule has 3 amide bonds. The monoisotopic (exact) mass is 437 g/mol. The van der Waals surface area contributed by atoms with Gasteiger partial charge in [0.2, 0.25) is 0 Å². The van der Waals surface area contributed by atoms with E-state index in [0.717, 1.165) is 4.90 Å². The van der Waals surface area contributed by atoms with E-state index in [4.69, 9.17) is 11.6 Å². The van der Waals surface area contributed by atoms with Gasteiger partial charge in [-0.1, -0.05) is 23.7 Å². The standard InChI is InChI=1S/C18H16ClN3O6S/c1-18(12-3-2-4-14(11-12)22(25)26)16(23)21(17(24)20-18)9-10-29(27,28)15-7-5-13(19)6-8-15/h2-8,11H,9-10H2,1H3,(H,20,24)/t18-/m1/s1. The maximum absolute atomic E-state index is 12.9. The van der Waals surface area contributed by atoms with Crippen LogP contribution < -0.4 is 5.32 Å². The van der Waals surface area contributed by atoms with Crippen molar-refractivity contribution < 1.29 is 22.9 Å². The lowest BCUT2D eigenvalue weighted by molar-refractivity contribution is -0.385. The molecule has 9 nitrogen and oxygen atoms in total. The molecule has 0 aliphatic carbocycles. The van der Waals surface area contributed by atoms with Gasteiger partial charge >= 0.3 is 6.03 Å². The van der Waals surface area contributed by atoms with E-state index in [0.29, 0.717) is 5.02 Å². The summed E-state index contributed by atoms with van der Waals surface area (Å²) in [4.78, 5) is 36.4. The molecular formula is C18H16ClN3O6S. The highest BCUT2D eigenvalue weighted by Gasteiger charge is 2.49. The Morgan fingerprint density at radius 2 is 1.83 bits per heavy atom. The number of urea groups is 1. The third-order valence-electron chi connectivity index (χ3n) is 4.67. The van der Waals surface area contributed by atoms with Crippen molar-refractivity contribution in [3.05, 3.63) is 69.2 Å². The minimum absolute atomic E-state index is 0.0235. The molecule has 0 saturated carbocycles. The topological polar surface area (TPSA) is 127 Å². The van der Waals surface area contributed by atoms with Gasteiger partial charge in [0, 0.05) is 23.7 Å². The van der Waals surface area contributed by atoms with Crippen LogP contribution in [0.3, 0.4) is 0 Å². The first-order valence-corrected chi connectivity index (χ1v) is 10.4. The van der Waals surface area contributed by atoms with Gasteiger partial charge in [-0.3, -0.25) is 19.8 Å². The number of rotatable bonds is 6. The van der Waals surface area contributed by atoms with Gasteiger partial charge in [-0.2, -0.15) is 0 Å². The number of nitro benzene ring substituents is 1. The van der Waals surface area contributed by atoms with Crippen LogP contribution in [0, 0.1) is 10.1 Å². The number of benzene rings is 2. The summed E-state index contributed by atoms with van der Waals surface area (Å²) >= 11 is 5.76. The normalized spacial score (nSPS) is 19.3. The van der Waals surface area contributed by atoms with Crippen LogP contribution in [0.15, 0.2) is 53.4 Å². The van der Waals surface area contributed by atoms with E-state index < -0.39 is 38.0 Å². The Morgan fingerprint density at radius 1 is 1.17 bits per heavy atom. The van der Waals surface area contributed by atoms with Crippen molar-refractivity contribution in [3.63, 3.8) is 0 Å². The summed E-state index contributed by atoms with van der Waals surface area (Å²) in [7, 11) is -3.75. The highest BCUT2D eigenvalue weighted by atomic mass is 35.5. The number of carbonyl (C=O) groups excluding carboxylic acids is 2. The molecule has 1 aliphatic heterocycles. The fourth-order valence-electron chi connectivity index (χ4n) is 3.00. The molecule has 0 bridgehead atoms. The summed E-state index contributed by atoms with van der Waals surface area (Å²) in [6.07, 6.45) is 0. The third kappa shape index (κ3) is 3.94. The van der Waals surface area contributed by atoms with Crippen molar-refractivity contribution in [1.29, 1.82) is 0 Å². The second-order valence-corrected chi connectivity index (χ2v) is 9.14. The minimum Gasteiger partial charge on any atom is -0.319 e. The summed E-state index contributed by atoms with van der Waals surface area (Å²) < 4.78 is 25.0. The fraction of sp³-hybridized carbons (Fsp3) is 0.222. The Bertz CT molecular complexity index is 1100. The van der Waals surface area contributed by atoms with Gasteiger partial charge in [-0.25, -0.2) is 13.2 Å². The number of halogens is 1. The molecule has 0 unspecified atom stereocenters. The summed E-state index contributed by atoms with van der Waals surface area (Å²) in [6, 6.07) is 10.1. The van der Waals surface area contributed by atoms with Gasteiger partial charge in [-0.15, -0.1) is 0 Å². The van der Waals surface area contributed by atoms with Crippen molar-refractivity contribution >= 4 is 39.1 Å². The molecule has 0 spiro atoms. The largest absolute Gasteiger partial charge is 0.325 e. The van der Waals surface area contributed by atoms with E-state index in [1.807, 2.05) is 0 Å². The third-order valence-corrected chi connectivity index (χ3v) is 6.63. The summed E-state index contributed by atoms with van der Waals surface area (Å²) in [6.45, 7) is 1.06. The smallest absolute Gasteiger partial charge is 0.319 e. The van der Waals surface area contributed by atoms with Crippen LogP contribution >= 0.6 is 11.6 Å². The summed E-state index contributed by atoms with van der Waals surface area (Å²) in [5, 5.41) is 13.9. The first-order valence-electron chi connectivity index (χ1n) is 8.42. The van der Waals surface area contributed by atoms with E-state index in [2.05, 4.69) is 5.32 Å². The number of non-ortho nitro benzene ring substituents is 1. The van der Waals surface area contributed by atoms with Crippen LogP contribution in [-0.2, 0) is 20.2 Å². The number of imide groups is 1. The van der Waals surface area contributed by atoms with Crippen molar-refractivity contribution in [2.45, 2.75) is 17.4 Å². The molecule has 1 aliphatic rings. The molecule has 0 radical (unpaired) electrons. The van der Waals surface area contributed by atoms with Crippen molar-refractivity contribution in [2.75, 3.05) is 12.3 Å². The van der Waals surface area contributed by atoms with E-state index in [-0.39, 0.29) is 22.7 Å². The highest BCUT2D eigenvalue weighted by molar-refractivity contribution is 7.91. The van der Waals surface area contributed by atoms with Crippen LogP contribution in [0.5, 0.6) is 0 Å². The predicted octanol–water partition coefficient (Wildman–Crippen LogP) is 2.49. The van der Waals surface area contributed by atoms with Crippen molar-refractivity contribution in [1.82, 2.24) is 10.2 Å². The van der Waals surface area contributed by atoms with Gasteiger partial charge in [0.1, 0.15) is 5.54 Å². The van der Waals surface area contributed by atoms with Crippen LogP contribution in [0.1, 0.15) is 12.5 Å². The Labute approximate surface area is 171 Å². The highest BCUT2D eigenvalue weighted by Crippen LogP contribution is 2.31. The number of hydrogen-bond donors (Lipinski definition) is 1. The molecule has 1 N–H and O–H groups in total. The van der Waals surface area contributed by atoms with Gasteiger partial charge < -0.3 is 5.32 Å². The zero-order valence-electron chi connectivity index (χ0n) is 15.2. The molecule has 0 aromatic heterocycles. The lowest BCUT2D eigenvalue weighted by Gasteiger charge is -2.22. The van der Waals surface area contributed by atoms with Crippen molar-refractivity contribution in [2.24, 2.45) is 0 Å². The average Bonchev–Trinajstić information content (AvgIpc) is 2.90. The first kappa shape index (κ1) is 20.7. The summed E-state index contributed by atoms with van der Waals surface area (Å²) in [5.74, 6) is -1.16. The maximum Gasteiger partial charge on any atom is 0.325 e. The first-order chi connectivity index (χ1) is 13.5. The van der Waals surface area contributed by atoms with E-state index in [9.17, 15) is 28.1 Å². The van der Waals surface area contributed by atoms with Gasteiger partial charge in [0.25, 0.3) is 11.6 Å². The van der Waals surface area contributed by atoms with Crippen LogP contribution in [0.2, 0.25) is 5.02 Å². The lowest BCUT2D eigenvalue weighted by atomic mass is 9.91. The molecule has 2 aromatic rings. The van der Waals surface area contributed by atoms with E-state index in [1.54, 1.807) is 0 Å². The Balaban J connectivity index is 1.81. The number of sulfone groups is 1. The number of nitro groups is 1. The minimum atomic E-state index is -3.75. The molecule has 2 aromatic carbocycles. The average molecular weight is 438 g/mol. The summed E-state index contributed by atoms with van der Waals surface area (Å²) in [5.41, 5.74) is -1.53. The molecule has 1 saturated heterocycles. The molecular weight excluding hydrogens is 422 g/mol. The molecule has 1 fully saturated rings.